The predicted molar refractivity (Wildman–Crippen MR) is 74.7 cm³/mol. The average Bonchev–Trinajstić information content (AvgIpc) is 2.31. The fraction of sp³-hybridized carbons (Fsp3) is 0.571. The SMILES string of the molecule is CCCCC(NCCC)c1ccccc1Br. The van der Waals surface area contributed by atoms with Crippen LogP contribution in [-0.2, 0) is 0 Å². The van der Waals surface area contributed by atoms with Gasteiger partial charge in [-0.1, -0.05) is 60.8 Å². The highest BCUT2D eigenvalue weighted by Crippen LogP contribution is 2.26. The molecule has 1 rings (SSSR count). The van der Waals surface area contributed by atoms with Gasteiger partial charge in [0.05, 0.1) is 0 Å². The number of rotatable bonds is 7. The number of nitrogens with one attached hydrogen (secondary N) is 1. The minimum Gasteiger partial charge on any atom is -0.310 e. The van der Waals surface area contributed by atoms with Crippen molar-refractivity contribution in [1.29, 1.82) is 0 Å². The lowest BCUT2D eigenvalue weighted by molar-refractivity contribution is 0.480. The molecule has 0 fully saturated rings. The first kappa shape index (κ1) is 13.7. The Balaban J connectivity index is 2.70. The van der Waals surface area contributed by atoms with Gasteiger partial charge < -0.3 is 5.32 Å². The van der Waals surface area contributed by atoms with Gasteiger partial charge in [-0.15, -0.1) is 0 Å². The molecular formula is C14H22BrN. The molecular weight excluding hydrogens is 262 g/mol. The molecule has 0 aliphatic heterocycles. The highest BCUT2D eigenvalue weighted by Gasteiger charge is 2.12. The van der Waals surface area contributed by atoms with Crippen LogP contribution in [0.1, 0.15) is 51.1 Å². The molecule has 0 spiro atoms. The normalized spacial score (nSPS) is 12.7. The first-order chi connectivity index (χ1) is 7.79. The van der Waals surface area contributed by atoms with Crippen LogP contribution in [0.2, 0.25) is 0 Å². The van der Waals surface area contributed by atoms with Crippen LogP contribution in [0.15, 0.2) is 28.7 Å². The maximum Gasteiger partial charge on any atom is 0.0331 e. The Bertz CT molecular complexity index is 291. The van der Waals surface area contributed by atoms with E-state index >= 15 is 0 Å². The second-order valence-corrected chi connectivity index (χ2v) is 5.02. The average molecular weight is 284 g/mol. The molecule has 0 amide bonds. The molecule has 90 valence electrons. The Morgan fingerprint density at radius 3 is 2.56 bits per heavy atom. The fourth-order valence-electron chi connectivity index (χ4n) is 1.85. The molecule has 1 aromatic carbocycles. The van der Waals surface area contributed by atoms with Crippen molar-refractivity contribution in [2.24, 2.45) is 0 Å². The summed E-state index contributed by atoms with van der Waals surface area (Å²) in [5.41, 5.74) is 1.39. The second kappa shape index (κ2) is 7.86. The van der Waals surface area contributed by atoms with Gasteiger partial charge in [-0.05, 0) is 31.0 Å². The van der Waals surface area contributed by atoms with Gasteiger partial charge in [-0.2, -0.15) is 0 Å². The third-order valence-corrected chi connectivity index (χ3v) is 3.49. The van der Waals surface area contributed by atoms with Gasteiger partial charge in [-0.25, -0.2) is 0 Å². The van der Waals surface area contributed by atoms with Gasteiger partial charge >= 0.3 is 0 Å². The van der Waals surface area contributed by atoms with Crippen molar-refractivity contribution in [3.63, 3.8) is 0 Å². The molecule has 0 aromatic heterocycles. The first-order valence-electron chi connectivity index (χ1n) is 6.27. The topological polar surface area (TPSA) is 12.0 Å². The van der Waals surface area contributed by atoms with Gasteiger partial charge in [-0.3, -0.25) is 0 Å². The highest BCUT2D eigenvalue weighted by atomic mass is 79.9. The quantitative estimate of drug-likeness (QED) is 0.766. The zero-order valence-corrected chi connectivity index (χ0v) is 11.9. The molecule has 1 nitrogen and oxygen atoms in total. The molecule has 0 bridgehead atoms. The van der Waals surface area contributed by atoms with Crippen LogP contribution in [0, 0.1) is 0 Å². The summed E-state index contributed by atoms with van der Waals surface area (Å²) in [5, 5.41) is 3.63. The molecule has 0 saturated heterocycles. The summed E-state index contributed by atoms with van der Waals surface area (Å²) in [7, 11) is 0. The van der Waals surface area contributed by atoms with E-state index in [1.807, 2.05) is 0 Å². The zero-order valence-electron chi connectivity index (χ0n) is 10.3. The highest BCUT2D eigenvalue weighted by molar-refractivity contribution is 9.10. The molecule has 0 heterocycles. The Morgan fingerprint density at radius 1 is 1.19 bits per heavy atom. The molecule has 0 aliphatic carbocycles. The molecule has 1 aromatic rings. The number of halogens is 1. The molecule has 0 aliphatic rings. The van der Waals surface area contributed by atoms with Crippen molar-refractivity contribution in [1.82, 2.24) is 5.32 Å². The summed E-state index contributed by atoms with van der Waals surface area (Å²) < 4.78 is 1.22. The minimum atomic E-state index is 0.496. The Morgan fingerprint density at radius 2 is 1.94 bits per heavy atom. The third kappa shape index (κ3) is 4.26. The van der Waals surface area contributed by atoms with E-state index in [9.17, 15) is 0 Å². The Hall–Kier alpha value is -0.340. The lowest BCUT2D eigenvalue weighted by Crippen LogP contribution is -2.22. The largest absolute Gasteiger partial charge is 0.310 e. The monoisotopic (exact) mass is 283 g/mol. The van der Waals surface area contributed by atoms with E-state index in [1.165, 1.54) is 35.7 Å². The van der Waals surface area contributed by atoms with Crippen LogP contribution in [-0.4, -0.2) is 6.54 Å². The van der Waals surface area contributed by atoms with Crippen molar-refractivity contribution < 1.29 is 0 Å². The van der Waals surface area contributed by atoms with Crippen LogP contribution >= 0.6 is 15.9 Å². The van der Waals surface area contributed by atoms with Crippen LogP contribution in [0.4, 0.5) is 0 Å². The van der Waals surface area contributed by atoms with Crippen LogP contribution in [0.5, 0.6) is 0 Å². The molecule has 1 N–H and O–H groups in total. The van der Waals surface area contributed by atoms with Crippen molar-refractivity contribution >= 4 is 15.9 Å². The van der Waals surface area contributed by atoms with E-state index in [1.54, 1.807) is 0 Å². The number of hydrogen-bond donors (Lipinski definition) is 1. The van der Waals surface area contributed by atoms with Gasteiger partial charge in [0.25, 0.3) is 0 Å². The van der Waals surface area contributed by atoms with Gasteiger partial charge in [0.2, 0.25) is 0 Å². The van der Waals surface area contributed by atoms with E-state index in [0.29, 0.717) is 6.04 Å². The standard InChI is InChI=1S/C14H22BrN/c1-3-5-10-14(16-11-4-2)12-8-6-7-9-13(12)15/h6-9,14,16H,3-5,10-11H2,1-2H3. The van der Waals surface area contributed by atoms with Crippen molar-refractivity contribution in [2.45, 2.75) is 45.6 Å². The van der Waals surface area contributed by atoms with Crippen LogP contribution < -0.4 is 5.32 Å². The van der Waals surface area contributed by atoms with Crippen molar-refractivity contribution in [3.05, 3.63) is 34.3 Å². The van der Waals surface area contributed by atoms with E-state index in [0.717, 1.165) is 6.54 Å². The lowest BCUT2D eigenvalue weighted by Gasteiger charge is -2.20. The Kier molecular flexibility index (Phi) is 6.74. The molecule has 0 saturated carbocycles. The molecule has 1 unspecified atom stereocenters. The summed E-state index contributed by atoms with van der Waals surface area (Å²) in [5.74, 6) is 0. The number of unbranched alkanes of at least 4 members (excludes halogenated alkanes) is 1. The first-order valence-corrected chi connectivity index (χ1v) is 7.06. The maximum atomic E-state index is 3.64. The summed E-state index contributed by atoms with van der Waals surface area (Å²) >= 11 is 3.64. The van der Waals surface area contributed by atoms with Crippen LogP contribution in [0.3, 0.4) is 0 Å². The van der Waals surface area contributed by atoms with Gasteiger partial charge in [0.15, 0.2) is 0 Å². The lowest BCUT2D eigenvalue weighted by atomic mass is 10.0. The molecule has 2 heteroatoms. The summed E-state index contributed by atoms with van der Waals surface area (Å²) in [6.45, 7) is 5.55. The molecule has 1 atom stereocenters. The fourth-order valence-corrected chi connectivity index (χ4v) is 2.41. The summed E-state index contributed by atoms with van der Waals surface area (Å²) in [6.07, 6.45) is 4.95. The molecule has 16 heavy (non-hydrogen) atoms. The van der Waals surface area contributed by atoms with Crippen molar-refractivity contribution in [3.8, 4) is 0 Å². The van der Waals surface area contributed by atoms with E-state index in [-0.39, 0.29) is 0 Å². The molecule has 0 radical (unpaired) electrons. The zero-order chi connectivity index (χ0) is 11.8. The second-order valence-electron chi connectivity index (χ2n) is 4.17. The Labute approximate surface area is 108 Å². The van der Waals surface area contributed by atoms with Gasteiger partial charge in [0.1, 0.15) is 0 Å². The summed E-state index contributed by atoms with van der Waals surface area (Å²) in [6, 6.07) is 9.03. The third-order valence-electron chi connectivity index (χ3n) is 2.77. The van der Waals surface area contributed by atoms with E-state index in [2.05, 4.69) is 59.4 Å². The number of hydrogen-bond acceptors (Lipinski definition) is 1. The smallest absolute Gasteiger partial charge is 0.0331 e. The predicted octanol–water partition coefficient (Wildman–Crippen LogP) is 4.68. The minimum absolute atomic E-state index is 0.496. The van der Waals surface area contributed by atoms with E-state index in [4.69, 9.17) is 0 Å². The number of benzene rings is 1. The van der Waals surface area contributed by atoms with Crippen LogP contribution in [0.25, 0.3) is 0 Å². The van der Waals surface area contributed by atoms with Gasteiger partial charge in [0, 0.05) is 10.5 Å². The van der Waals surface area contributed by atoms with Crippen molar-refractivity contribution in [2.75, 3.05) is 6.54 Å². The van der Waals surface area contributed by atoms with E-state index < -0.39 is 0 Å². The summed E-state index contributed by atoms with van der Waals surface area (Å²) in [4.78, 5) is 0. The maximum absolute atomic E-state index is 3.64.